The predicted octanol–water partition coefficient (Wildman–Crippen LogP) is 1.06. The molecule has 0 aliphatic heterocycles. The fourth-order valence-electron chi connectivity index (χ4n) is 1.55. The molecule has 0 aliphatic carbocycles. The van der Waals surface area contributed by atoms with Gasteiger partial charge in [-0.05, 0) is 12.1 Å². The van der Waals surface area contributed by atoms with Crippen LogP contribution in [0.3, 0.4) is 0 Å². The third-order valence-corrected chi connectivity index (χ3v) is 4.11. The molecule has 0 unspecified atom stereocenters. The molecule has 2 aromatic rings. The lowest BCUT2D eigenvalue weighted by Crippen LogP contribution is -2.06. The van der Waals surface area contributed by atoms with E-state index in [9.17, 15) is 13.2 Å². The van der Waals surface area contributed by atoms with Crippen molar-refractivity contribution in [3.63, 3.8) is 0 Å². The number of aromatic nitrogens is 2. The Morgan fingerprint density at radius 1 is 1.25 bits per heavy atom. The molecule has 1 aromatic carbocycles. The second-order valence-corrected chi connectivity index (χ2v) is 6.06. The molecule has 0 bridgehead atoms. The molecule has 7 nitrogen and oxygen atoms in total. The first-order valence-corrected chi connectivity index (χ1v) is 7.43. The van der Waals surface area contributed by atoms with Crippen molar-refractivity contribution in [1.29, 1.82) is 0 Å². The monoisotopic (exact) mass is 296 g/mol. The standard InChI is InChI=1S/C12H12N2O5S/c15-12(16)7-6-11-13-10(14-19-11)8-20(17,18)9-4-2-1-3-5-9/h1-5H,6-8H2,(H,15,16). The molecule has 1 heterocycles. The molecular formula is C12H12N2O5S. The van der Waals surface area contributed by atoms with Crippen molar-refractivity contribution >= 4 is 15.8 Å². The summed E-state index contributed by atoms with van der Waals surface area (Å²) in [5.41, 5.74) is 0. The van der Waals surface area contributed by atoms with Gasteiger partial charge in [-0.3, -0.25) is 4.79 Å². The Kier molecular flexibility index (Phi) is 4.14. The minimum absolute atomic E-state index is 0.0224. The smallest absolute Gasteiger partial charge is 0.303 e. The molecule has 1 N–H and O–H groups in total. The summed E-state index contributed by atoms with van der Waals surface area (Å²) in [5.74, 6) is -1.23. The van der Waals surface area contributed by atoms with Gasteiger partial charge in [-0.1, -0.05) is 23.4 Å². The fourth-order valence-corrected chi connectivity index (χ4v) is 2.74. The van der Waals surface area contributed by atoms with Crippen molar-refractivity contribution in [3.05, 3.63) is 42.0 Å². The first-order valence-electron chi connectivity index (χ1n) is 5.78. The van der Waals surface area contributed by atoms with Gasteiger partial charge in [0.15, 0.2) is 15.7 Å². The van der Waals surface area contributed by atoms with Gasteiger partial charge >= 0.3 is 5.97 Å². The largest absolute Gasteiger partial charge is 0.481 e. The van der Waals surface area contributed by atoms with E-state index in [1.165, 1.54) is 12.1 Å². The van der Waals surface area contributed by atoms with Crippen LogP contribution >= 0.6 is 0 Å². The van der Waals surface area contributed by atoms with E-state index in [2.05, 4.69) is 10.1 Å². The summed E-state index contributed by atoms with van der Waals surface area (Å²) < 4.78 is 28.9. The number of carboxylic acids is 1. The van der Waals surface area contributed by atoms with E-state index in [4.69, 9.17) is 9.63 Å². The second-order valence-electron chi connectivity index (χ2n) is 4.07. The lowest BCUT2D eigenvalue weighted by atomic mass is 10.3. The van der Waals surface area contributed by atoms with E-state index in [0.717, 1.165) is 0 Å². The van der Waals surface area contributed by atoms with Crippen molar-refractivity contribution in [2.45, 2.75) is 23.5 Å². The summed E-state index contributed by atoms with van der Waals surface area (Å²) in [6.07, 6.45) is -0.0687. The highest BCUT2D eigenvalue weighted by atomic mass is 32.2. The summed E-state index contributed by atoms with van der Waals surface area (Å²) in [6.45, 7) is 0. The molecule has 0 fully saturated rings. The molecule has 0 saturated carbocycles. The van der Waals surface area contributed by atoms with Crippen LogP contribution in [-0.2, 0) is 26.8 Å². The van der Waals surface area contributed by atoms with E-state index in [-0.39, 0.29) is 35.2 Å². The van der Waals surface area contributed by atoms with Crippen LogP contribution in [0, 0.1) is 0 Å². The molecule has 106 valence electrons. The molecule has 8 heteroatoms. The lowest BCUT2D eigenvalue weighted by molar-refractivity contribution is -0.137. The van der Waals surface area contributed by atoms with Crippen LogP contribution in [0.1, 0.15) is 18.1 Å². The van der Waals surface area contributed by atoms with Crippen LogP contribution in [0.2, 0.25) is 0 Å². The minimum atomic E-state index is -3.53. The normalized spacial score (nSPS) is 11.4. The number of carbonyl (C=O) groups is 1. The lowest BCUT2D eigenvalue weighted by Gasteiger charge is -2.00. The average Bonchev–Trinajstić information content (AvgIpc) is 2.84. The SMILES string of the molecule is O=C(O)CCc1nc(CS(=O)(=O)c2ccccc2)no1. The number of sulfone groups is 1. The topological polar surface area (TPSA) is 110 Å². The molecule has 0 aliphatic rings. The Morgan fingerprint density at radius 3 is 2.60 bits per heavy atom. The van der Waals surface area contributed by atoms with Crippen LogP contribution in [0.15, 0.2) is 39.8 Å². The molecule has 1 aromatic heterocycles. The van der Waals surface area contributed by atoms with Gasteiger partial charge in [0.25, 0.3) is 0 Å². The number of hydrogen-bond acceptors (Lipinski definition) is 6. The third-order valence-electron chi connectivity index (χ3n) is 2.48. The van der Waals surface area contributed by atoms with Gasteiger partial charge in [0.05, 0.1) is 11.3 Å². The highest BCUT2D eigenvalue weighted by molar-refractivity contribution is 7.90. The van der Waals surface area contributed by atoms with Gasteiger partial charge in [-0.25, -0.2) is 8.42 Å². The molecular weight excluding hydrogens is 284 g/mol. The molecule has 0 amide bonds. The third kappa shape index (κ3) is 3.64. The Labute approximate surface area is 115 Å². The quantitative estimate of drug-likeness (QED) is 0.848. The average molecular weight is 296 g/mol. The zero-order valence-electron chi connectivity index (χ0n) is 10.4. The van der Waals surface area contributed by atoms with Crippen molar-refractivity contribution in [2.24, 2.45) is 0 Å². The molecule has 20 heavy (non-hydrogen) atoms. The van der Waals surface area contributed by atoms with Crippen LogP contribution < -0.4 is 0 Å². The number of carboxylic acid groups (broad SMARTS) is 1. The summed E-state index contributed by atoms with van der Waals surface area (Å²) in [7, 11) is -3.53. The molecule has 0 atom stereocenters. The first-order chi connectivity index (χ1) is 9.47. The van der Waals surface area contributed by atoms with Gasteiger partial charge in [0.2, 0.25) is 5.89 Å². The molecule has 0 spiro atoms. The molecule has 2 rings (SSSR count). The summed E-state index contributed by atoms with van der Waals surface area (Å²) in [4.78, 5) is 14.5. The summed E-state index contributed by atoms with van der Waals surface area (Å²) in [6, 6.07) is 7.95. The number of aryl methyl sites for hydroxylation is 1. The van der Waals surface area contributed by atoms with Gasteiger partial charge in [0, 0.05) is 6.42 Å². The van der Waals surface area contributed by atoms with Crippen LogP contribution in [0.5, 0.6) is 0 Å². The zero-order chi connectivity index (χ0) is 14.6. The van der Waals surface area contributed by atoms with Gasteiger partial charge < -0.3 is 9.63 Å². The maximum absolute atomic E-state index is 12.1. The maximum atomic E-state index is 12.1. The minimum Gasteiger partial charge on any atom is -0.481 e. The van der Waals surface area contributed by atoms with Crippen molar-refractivity contribution in [3.8, 4) is 0 Å². The van der Waals surface area contributed by atoms with E-state index < -0.39 is 15.8 Å². The van der Waals surface area contributed by atoms with Crippen molar-refractivity contribution in [2.75, 3.05) is 0 Å². The van der Waals surface area contributed by atoms with Gasteiger partial charge in [-0.2, -0.15) is 4.98 Å². The highest BCUT2D eigenvalue weighted by Crippen LogP contribution is 2.14. The Hall–Kier alpha value is -2.22. The van der Waals surface area contributed by atoms with Crippen molar-refractivity contribution in [1.82, 2.24) is 10.1 Å². The maximum Gasteiger partial charge on any atom is 0.303 e. The molecule has 0 saturated heterocycles. The van der Waals surface area contributed by atoms with Crippen molar-refractivity contribution < 1.29 is 22.8 Å². The van der Waals surface area contributed by atoms with E-state index in [1.54, 1.807) is 18.2 Å². The second kappa shape index (κ2) is 5.83. The number of aliphatic carboxylic acids is 1. The van der Waals surface area contributed by atoms with Gasteiger partial charge in [0.1, 0.15) is 5.75 Å². The number of rotatable bonds is 6. The molecule has 0 radical (unpaired) electrons. The van der Waals surface area contributed by atoms with Crippen LogP contribution in [-0.4, -0.2) is 29.6 Å². The zero-order valence-corrected chi connectivity index (χ0v) is 11.2. The Balaban J connectivity index is 2.09. The number of nitrogens with zero attached hydrogens (tertiary/aromatic N) is 2. The summed E-state index contributed by atoms with van der Waals surface area (Å²) >= 11 is 0. The van der Waals surface area contributed by atoms with E-state index in [1.807, 2.05) is 0 Å². The fraction of sp³-hybridized carbons (Fsp3) is 0.250. The van der Waals surface area contributed by atoms with Crippen LogP contribution in [0.25, 0.3) is 0 Å². The Morgan fingerprint density at radius 2 is 1.95 bits per heavy atom. The summed E-state index contributed by atoms with van der Waals surface area (Å²) in [5, 5.41) is 12.1. The highest BCUT2D eigenvalue weighted by Gasteiger charge is 2.19. The van der Waals surface area contributed by atoms with Crippen LogP contribution in [0.4, 0.5) is 0 Å². The first kappa shape index (κ1) is 14.2. The van der Waals surface area contributed by atoms with Gasteiger partial charge in [-0.15, -0.1) is 0 Å². The van der Waals surface area contributed by atoms with E-state index in [0.29, 0.717) is 0 Å². The predicted molar refractivity (Wildman–Crippen MR) is 67.6 cm³/mol. The van der Waals surface area contributed by atoms with E-state index >= 15 is 0 Å². The number of benzene rings is 1. The number of hydrogen-bond donors (Lipinski definition) is 1. The Bertz CT molecular complexity index is 694.